The molecule has 0 unspecified atom stereocenters. The summed E-state index contributed by atoms with van der Waals surface area (Å²) in [7, 11) is 0. The summed E-state index contributed by atoms with van der Waals surface area (Å²) in [4.78, 5) is 27.6. The molecule has 2 amide bonds. The number of nitrogens with one attached hydrogen (secondary N) is 1. The van der Waals surface area contributed by atoms with E-state index >= 15 is 0 Å². The van der Waals surface area contributed by atoms with Crippen LogP contribution in [-0.2, 0) is 11.3 Å². The summed E-state index contributed by atoms with van der Waals surface area (Å²) in [5, 5.41) is 2.93. The van der Waals surface area contributed by atoms with Crippen molar-refractivity contribution in [2.45, 2.75) is 51.1 Å². The van der Waals surface area contributed by atoms with Crippen LogP contribution in [0.4, 0.5) is 0 Å². The molecule has 2 aromatic rings. The van der Waals surface area contributed by atoms with Gasteiger partial charge in [-0.1, -0.05) is 55.3 Å². The van der Waals surface area contributed by atoms with Gasteiger partial charge in [0.2, 0.25) is 0 Å². The first-order chi connectivity index (χ1) is 14.7. The zero-order valence-corrected chi connectivity index (χ0v) is 17.4. The molecule has 2 atom stereocenters. The Morgan fingerprint density at radius 2 is 1.67 bits per heavy atom. The monoisotopic (exact) mass is 406 g/mol. The van der Waals surface area contributed by atoms with Crippen molar-refractivity contribution < 1.29 is 14.3 Å². The van der Waals surface area contributed by atoms with Crippen molar-refractivity contribution in [1.82, 2.24) is 10.2 Å². The van der Waals surface area contributed by atoms with Gasteiger partial charge in [-0.3, -0.25) is 9.59 Å². The van der Waals surface area contributed by atoms with Gasteiger partial charge in [0.25, 0.3) is 11.8 Å². The van der Waals surface area contributed by atoms with Gasteiger partial charge >= 0.3 is 0 Å². The molecule has 1 aliphatic heterocycles. The number of nitrogens with zero attached hydrogens (tertiary/aromatic N) is 1. The van der Waals surface area contributed by atoms with E-state index in [1.807, 2.05) is 47.4 Å². The van der Waals surface area contributed by atoms with Gasteiger partial charge in [0.1, 0.15) is 5.75 Å². The first kappa shape index (κ1) is 20.5. The van der Waals surface area contributed by atoms with E-state index in [0.29, 0.717) is 29.8 Å². The topological polar surface area (TPSA) is 58.6 Å². The summed E-state index contributed by atoms with van der Waals surface area (Å²) in [5.74, 6) is 0.930. The zero-order chi connectivity index (χ0) is 20.8. The SMILES string of the molecule is O=C(NCc1ccccc1)c1ccccc1OCC(=O)N1CCC[C@@H]2CCCC[C@@H]21. The molecule has 30 heavy (non-hydrogen) atoms. The first-order valence-electron chi connectivity index (χ1n) is 11.1. The van der Waals surface area contributed by atoms with Crippen LogP contribution in [0, 0.1) is 5.92 Å². The summed E-state index contributed by atoms with van der Waals surface area (Å²) in [6.07, 6.45) is 7.14. The second-order valence-electron chi connectivity index (χ2n) is 8.29. The predicted molar refractivity (Wildman–Crippen MR) is 116 cm³/mol. The molecule has 4 rings (SSSR count). The lowest BCUT2D eigenvalue weighted by molar-refractivity contribution is -0.139. The Labute approximate surface area is 178 Å². The Hall–Kier alpha value is -2.82. The number of fused-ring (bicyclic) bond motifs is 1. The van der Waals surface area contributed by atoms with E-state index in [0.717, 1.165) is 24.9 Å². The number of carbonyl (C=O) groups excluding carboxylic acids is 2. The number of ether oxygens (including phenoxy) is 1. The van der Waals surface area contributed by atoms with Crippen LogP contribution in [0.25, 0.3) is 0 Å². The van der Waals surface area contributed by atoms with Gasteiger partial charge < -0.3 is 15.0 Å². The molecule has 1 saturated heterocycles. The van der Waals surface area contributed by atoms with Crippen LogP contribution >= 0.6 is 0 Å². The average molecular weight is 407 g/mol. The second kappa shape index (κ2) is 9.79. The maximum absolute atomic E-state index is 12.9. The van der Waals surface area contributed by atoms with E-state index in [1.165, 1.54) is 25.7 Å². The van der Waals surface area contributed by atoms with Crippen LogP contribution < -0.4 is 10.1 Å². The minimum absolute atomic E-state index is 0.0216. The van der Waals surface area contributed by atoms with Crippen LogP contribution in [0.1, 0.15) is 54.4 Å². The molecule has 1 N–H and O–H groups in total. The van der Waals surface area contributed by atoms with E-state index in [4.69, 9.17) is 4.74 Å². The quantitative estimate of drug-likeness (QED) is 0.783. The Kier molecular flexibility index (Phi) is 6.67. The zero-order valence-electron chi connectivity index (χ0n) is 17.4. The van der Waals surface area contributed by atoms with Gasteiger partial charge in [0.15, 0.2) is 6.61 Å². The molecule has 1 aliphatic carbocycles. The molecule has 2 aromatic carbocycles. The van der Waals surface area contributed by atoms with Gasteiger partial charge in [-0.05, 0) is 49.3 Å². The second-order valence-corrected chi connectivity index (χ2v) is 8.29. The minimum Gasteiger partial charge on any atom is -0.483 e. The number of hydrogen-bond acceptors (Lipinski definition) is 3. The van der Waals surface area contributed by atoms with Gasteiger partial charge in [-0.2, -0.15) is 0 Å². The number of amides is 2. The smallest absolute Gasteiger partial charge is 0.260 e. The summed E-state index contributed by atoms with van der Waals surface area (Å²) in [6, 6.07) is 17.3. The standard InChI is InChI=1S/C25H30N2O3/c28-24(27-16-8-12-20-11-4-6-14-22(20)27)18-30-23-15-7-5-13-21(23)25(29)26-17-19-9-2-1-3-10-19/h1-3,5,7,9-10,13,15,20,22H,4,6,8,11-12,14,16-18H2,(H,26,29)/t20-,22-/m0/s1. The molecule has 0 radical (unpaired) electrons. The largest absolute Gasteiger partial charge is 0.483 e. The highest BCUT2D eigenvalue weighted by atomic mass is 16.5. The van der Waals surface area contributed by atoms with E-state index in [1.54, 1.807) is 12.1 Å². The van der Waals surface area contributed by atoms with E-state index < -0.39 is 0 Å². The maximum atomic E-state index is 12.9. The van der Waals surface area contributed by atoms with Crippen LogP contribution in [0.3, 0.4) is 0 Å². The van der Waals surface area contributed by atoms with Crippen molar-refractivity contribution in [3.05, 3.63) is 65.7 Å². The molecule has 1 saturated carbocycles. The molecular weight excluding hydrogens is 376 g/mol. The molecule has 1 heterocycles. The van der Waals surface area contributed by atoms with E-state index in [-0.39, 0.29) is 18.4 Å². The highest BCUT2D eigenvalue weighted by Crippen LogP contribution is 2.35. The minimum atomic E-state index is -0.202. The summed E-state index contributed by atoms with van der Waals surface area (Å²) < 4.78 is 5.85. The predicted octanol–water partition coefficient (Wildman–Crippen LogP) is 4.18. The fraction of sp³-hybridized carbons (Fsp3) is 0.440. The molecular formula is C25H30N2O3. The average Bonchev–Trinajstić information content (AvgIpc) is 2.81. The molecule has 2 aliphatic rings. The van der Waals surface area contributed by atoms with Gasteiger partial charge in [0, 0.05) is 19.1 Å². The lowest BCUT2D eigenvalue weighted by atomic mass is 9.78. The summed E-state index contributed by atoms with van der Waals surface area (Å²) in [6.45, 7) is 1.25. The number of benzene rings is 2. The number of likely N-dealkylation sites (tertiary alicyclic amines) is 1. The Balaban J connectivity index is 1.36. The lowest BCUT2D eigenvalue weighted by Gasteiger charge is -2.44. The number of piperidine rings is 1. The van der Waals surface area contributed by atoms with Crippen molar-refractivity contribution in [1.29, 1.82) is 0 Å². The number of para-hydroxylation sites is 1. The van der Waals surface area contributed by atoms with Crippen molar-refractivity contribution in [3.8, 4) is 5.75 Å². The molecule has 158 valence electrons. The fourth-order valence-corrected chi connectivity index (χ4v) is 4.81. The number of hydrogen-bond donors (Lipinski definition) is 1. The molecule has 0 aromatic heterocycles. The van der Waals surface area contributed by atoms with Crippen molar-refractivity contribution >= 4 is 11.8 Å². The normalized spacial score (nSPS) is 20.9. The van der Waals surface area contributed by atoms with Crippen molar-refractivity contribution in [2.75, 3.05) is 13.2 Å². The number of carbonyl (C=O) groups is 2. The highest BCUT2D eigenvalue weighted by Gasteiger charge is 2.35. The van der Waals surface area contributed by atoms with Crippen LogP contribution in [0.5, 0.6) is 5.75 Å². The Bertz CT molecular complexity index is 866. The molecule has 0 bridgehead atoms. The third kappa shape index (κ3) is 4.84. The van der Waals surface area contributed by atoms with Gasteiger partial charge in [-0.15, -0.1) is 0 Å². The van der Waals surface area contributed by atoms with E-state index in [9.17, 15) is 9.59 Å². The molecule has 5 nitrogen and oxygen atoms in total. The molecule has 5 heteroatoms. The first-order valence-corrected chi connectivity index (χ1v) is 11.1. The van der Waals surface area contributed by atoms with Crippen LogP contribution in [-0.4, -0.2) is 35.9 Å². The molecule has 0 spiro atoms. The van der Waals surface area contributed by atoms with Gasteiger partial charge in [-0.25, -0.2) is 0 Å². The lowest BCUT2D eigenvalue weighted by Crippen LogP contribution is -2.51. The Morgan fingerprint density at radius 1 is 0.933 bits per heavy atom. The van der Waals surface area contributed by atoms with E-state index in [2.05, 4.69) is 5.32 Å². The van der Waals surface area contributed by atoms with Crippen molar-refractivity contribution in [2.24, 2.45) is 5.92 Å². The fourth-order valence-electron chi connectivity index (χ4n) is 4.81. The maximum Gasteiger partial charge on any atom is 0.260 e. The molecule has 2 fully saturated rings. The summed E-state index contributed by atoms with van der Waals surface area (Å²) in [5.41, 5.74) is 1.49. The highest BCUT2D eigenvalue weighted by molar-refractivity contribution is 5.97. The number of rotatable bonds is 6. The van der Waals surface area contributed by atoms with Crippen LogP contribution in [0.2, 0.25) is 0 Å². The summed E-state index contributed by atoms with van der Waals surface area (Å²) >= 11 is 0. The van der Waals surface area contributed by atoms with Crippen LogP contribution in [0.15, 0.2) is 54.6 Å². The Morgan fingerprint density at radius 3 is 2.53 bits per heavy atom. The third-order valence-corrected chi connectivity index (χ3v) is 6.34. The van der Waals surface area contributed by atoms with Crippen molar-refractivity contribution in [3.63, 3.8) is 0 Å². The van der Waals surface area contributed by atoms with Gasteiger partial charge in [0.05, 0.1) is 5.56 Å². The third-order valence-electron chi connectivity index (χ3n) is 6.34.